The molecular weight excluding hydrogens is 328 g/mol. The molecule has 27 heavy (non-hydrogen) atoms. The van der Waals surface area contributed by atoms with E-state index in [0.717, 1.165) is 0 Å². The molecule has 2 aromatic heterocycles. The normalized spacial score (nSPS) is 11.1. The summed E-state index contributed by atoms with van der Waals surface area (Å²) < 4.78 is 4.51. The molecule has 134 valence electrons. The Labute approximate surface area is 161 Å². The molecule has 4 rings (SSSR count). The van der Waals surface area contributed by atoms with Gasteiger partial charge in [-0.15, -0.1) is 0 Å². The number of nitrogens with zero attached hydrogens (tertiary/aromatic N) is 2. The van der Waals surface area contributed by atoms with E-state index in [1.165, 1.54) is 50.1 Å². The molecule has 0 saturated carbocycles. The van der Waals surface area contributed by atoms with Crippen LogP contribution in [-0.2, 0) is 14.1 Å². The summed E-state index contributed by atoms with van der Waals surface area (Å²) in [4.78, 5) is 0. The summed E-state index contributed by atoms with van der Waals surface area (Å²) in [5.74, 6) is 0. The summed E-state index contributed by atoms with van der Waals surface area (Å²) in [5, 5.41) is 2.53. The SMILES string of the molecule is Cc1cc(C)[n+](C)c(-c2cccc(-c3cc4ccccc4c[n+]3C)c2C)c1. The number of pyridine rings is 2. The van der Waals surface area contributed by atoms with E-state index in [9.17, 15) is 0 Å². The molecular formula is C25H26N2+2. The van der Waals surface area contributed by atoms with Crippen molar-refractivity contribution in [2.24, 2.45) is 14.1 Å². The predicted octanol–water partition coefficient (Wildman–Crippen LogP) is 4.75. The van der Waals surface area contributed by atoms with Gasteiger partial charge in [-0.1, -0.05) is 24.3 Å². The Morgan fingerprint density at radius 1 is 0.667 bits per heavy atom. The van der Waals surface area contributed by atoms with Gasteiger partial charge in [0.15, 0.2) is 11.9 Å². The van der Waals surface area contributed by atoms with Gasteiger partial charge >= 0.3 is 0 Å². The highest BCUT2D eigenvalue weighted by Crippen LogP contribution is 2.30. The first-order valence-corrected chi connectivity index (χ1v) is 9.42. The van der Waals surface area contributed by atoms with E-state index < -0.39 is 0 Å². The number of rotatable bonds is 2. The minimum absolute atomic E-state index is 1.24. The summed E-state index contributed by atoms with van der Waals surface area (Å²) in [5.41, 5.74) is 8.93. The quantitative estimate of drug-likeness (QED) is 0.459. The van der Waals surface area contributed by atoms with Crippen LogP contribution in [0.1, 0.15) is 16.8 Å². The summed E-state index contributed by atoms with van der Waals surface area (Å²) in [6.07, 6.45) is 2.22. The first kappa shape index (κ1) is 17.4. The molecule has 2 heterocycles. The van der Waals surface area contributed by atoms with Crippen molar-refractivity contribution in [2.45, 2.75) is 20.8 Å². The first-order valence-electron chi connectivity index (χ1n) is 9.42. The molecule has 0 amide bonds. The Hall–Kier alpha value is -3.00. The third-order valence-corrected chi connectivity index (χ3v) is 5.58. The topological polar surface area (TPSA) is 7.76 Å². The fourth-order valence-corrected chi connectivity index (χ4v) is 3.97. The maximum Gasteiger partial charge on any atom is 0.213 e. The molecule has 0 saturated heterocycles. The second-order valence-electron chi connectivity index (χ2n) is 7.49. The van der Waals surface area contributed by atoms with E-state index in [1.807, 2.05) is 0 Å². The van der Waals surface area contributed by atoms with Gasteiger partial charge in [-0.25, -0.2) is 4.57 Å². The van der Waals surface area contributed by atoms with E-state index in [1.54, 1.807) is 0 Å². The van der Waals surface area contributed by atoms with Gasteiger partial charge in [0, 0.05) is 41.6 Å². The van der Waals surface area contributed by atoms with Crippen molar-refractivity contribution >= 4 is 10.8 Å². The molecule has 2 nitrogen and oxygen atoms in total. The highest BCUT2D eigenvalue weighted by molar-refractivity contribution is 5.85. The molecule has 0 radical (unpaired) electrons. The number of aryl methyl sites for hydroxylation is 3. The van der Waals surface area contributed by atoms with E-state index in [-0.39, 0.29) is 0 Å². The van der Waals surface area contributed by atoms with Crippen LogP contribution in [0.15, 0.2) is 66.9 Å². The Kier molecular flexibility index (Phi) is 4.27. The van der Waals surface area contributed by atoms with Crippen LogP contribution >= 0.6 is 0 Å². The standard InChI is InChI=1S/C25H26N2/c1-17-13-18(2)27(5)25(14-17)23-12-8-11-22(19(23)3)24-15-20-9-6-7-10-21(20)16-26(24)4/h6-16H,1-5H3/q+2. The van der Waals surface area contributed by atoms with Gasteiger partial charge in [0.2, 0.25) is 11.4 Å². The summed E-state index contributed by atoms with van der Waals surface area (Å²) in [7, 11) is 4.27. The largest absolute Gasteiger partial charge is 0.213 e. The van der Waals surface area contributed by atoms with E-state index in [0.29, 0.717) is 0 Å². The van der Waals surface area contributed by atoms with Gasteiger partial charge in [0.1, 0.15) is 14.1 Å². The monoisotopic (exact) mass is 354 g/mol. The highest BCUT2D eigenvalue weighted by atomic mass is 14.9. The molecule has 0 unspecified atom stereocenters. The summed E-state index contributed by atoms with van der Waals surface area (Å²) >= 11 is 0. The lowest BCUT2D eigenvalue weighted by molar-refractivity contribution is -0.666. The molecule has 4 aromatic rings. The van der Waals surface area contributed by atoms with Crippen LogP contribution in [0, 0.1) is 20.8 Å². The van der Waals surface area contributed by atoms with Gasteiger partial charge in [0.25, 0.3) is 0 Å². The Balaban J connectivity index is 1.95. The third kappa shape index (κ3) is 3.02. The van der Waals surface area contributed by atoms with Crippen LogP contribution in [0.3, 0.4) is 0 Å². The smallest absolute Gasteiger partial charge is 0.200 e. The zero-order valence-electron chi connectivity index (χ0n) is 16.7. The number of hydrogen-bond acceptors (Lipinski definition) is 0. The Bertz CT molecular complexity index is 1170. The van der Waals surface area contributed by atoms with Gasteiger partial charge in [0.05, 0.1) is 0 Å². The molecule has 0 aliphatic heterocycles. The first-order chi connectivity index (χ1) is 13.0. The molecule has 2 heteroatoms. The average molecular weight is 354 g/mol. The molecule has 2 aromatic carbocycles. The van der Waals surface area contributed by atoms with Crippen LogP contribution in [0.5, 0.6) is 0 Å². The number of benzene rings is 2. The maximum atomic E-state index is 2.29. The van der Waals surface area contributed by atoms with Gasteiger partial charge in [-0.3, -0.25) is 0 Å². The van der Waals surface area contributed by atoms with E-state index in [2.05, 4.69) is 111 Å². The van der Waals surface area contributed by atoms with Crippen LogP contribution < -0.4 is 9.13 Å². The number of hydrogen-bond donors (Lipinski definition) is 0. The van der Waals surface area contributed by atoms with E-state index >= 15 is 0 Å². The maximum absolute atomic E-state index is 2.29. The van der Waals surface area contributed by atoms with Crippen LogP contribution in [-0.4, -0.2) is 0 Å². The number of aromatic nitrogens is 2. The zero-order valence-corrected chi connectivity index (χ0v) is 16.7. The minimum Gasteiger partial charge on any atom is -0.200 e. The van der Waals surface area contributed by atoms with Crippen LogP contribution in [0.4, 0.5) is 0 Å². The van der Waals surface area contributed by atoms with Crippen molar-refractivity contribution in [1.82, 2.24) is 0 Å². The van der Waals surface area contributed by atoms with Crippen LogP contribution in [0.25, 0.3) is 33.3 Å². The predicted molar refractivity (Wildman–Crippen MR) is 111 cm³/mol. The van der Waals surface area contributed by atoms with Crippen molar-refractivity contribution in [3.05, 3.63) is 83.7 Å². The Morgan fingerprint density at radius 3 is 2.07 bits per heavy atom. The number of fused-ring (bicyclic) bond motifs is 1. The third-order valence-electron chi connectivity index (χ3n) is 5.58. The second-order valence-corrected chi connectivity index (χ2v) is 7.49. The van der Waals surface area contributed by atoms with Crippen molar-refractivity contribution in [3.8, 4) is 22.5 Å². The molecule has 0 N–H and O–H groups in total. The lowest BCUT2D eigenvalue weighted by Crippen LogP contribution is -2.35. The van der Waals surface area contributed by atoms with Crippen molar-refractivity contribution in [2.75, 3.05) is 0 Å². The molecule has 0 aliphatic rings. The summed E-state index contributed by atoms with van der Waals surface area (Å²) in [6, 6.07) is 22.0. The van der Waals surface area contributed by atoms with Gasteiger partial charge in [-0.05, 0) is 48.6 Å². The molecule has 0 atom stereocenters. The lowest BCUT2D eigenvalue weighted by atomic mass is 9.95. The van der Waals surface area contributed by atoms with Gasteiger partial charge < -0.3 is 0 Å². The summed E-state index contributed by atoms with van der Waals surface area (Å²) in [6.45, 7) is 6.57. The zero-order chi connectivity index (χ0) is 19.1. The molecule has 0 bridgehead atoms. The van der Waals surface area contributed by atoms with E-state index in [4.69, 9.17) is 0 Å². The van der Waals surface area contributed by atoms with Crippen molar-refractivity contribution in [3.63, 3.8) is 0 Å². The molecule has 0 fully saturated rings. The van der Waals surface area contributed by atoms with Crippen molar-refractivity contribution < 1.29 is 9.13 Å². The highest BCUT2D eigenvalue weighted by Gasteiger charge is 2.20. The molecule has 0 aliphatic carbocycles. The fraction of sp³-hybridized carbons (Fsp3) is 0.200. The lowest BCUT2D eigenvalue weighted by Gasteiger charge is -2.11. The average Bonchev–Trinajstić information content (AvgIpc) is 2.65. The van der Waals surface area contributed by atoms with Crippen molar-refractivity contribution in [1.29, 1.82) is 0 Å². The Morgan fingerprint density at radius 2 is 1.33 bits per heavy atom. The fourth-order valence-electron chi connectivity index (χ4n) is 3.97. The minimum atomic E-state index is 1.24. The molecule has 0 spiro atoms. The van der Waals surface area contributed by atoms with Gasteiger partial charge in [-0.2, -0.15) is 4.57 Å². The second kappa shape index (κ2) is 6.62. The van der Waals surface area contributed by atoms with Crippen LogP contribution in [0.2, 0.25) is 0 Å².